The highest BCUT2D eigenvalue weighted by atomic mass is 15.3. The normalized spacial score (nSPS) is 36.2. The molecule has 2 nitrogen and oxygen atoms in total. The minimum absolute atomic E-state index is 0.581. The van der Waals surface area contributed by atoms with E-state index in [1.807, 2.05) is 0 Å². The van der Waals surface area contributed by atoms with Crippen LogP contribution in [0.1, 0.15) is 44.1 Å². The Kier molecular flexibility index (Phi) is 2.15. The first kappa shape index (κ1) is 11.8. The van der Waals surface area contributed by atoms with Gasteiger partial charge in [-0.25, -0.2) is 0 Å². The van der Waals surface area contributed by atoms with Crippen LogP contribution in [-0.4, -0.2) is 29.1 Å². The molecule has 2 saturated heterocycles. The molecule has 5 rings (SSSR count). The number of nitrogens with one attached hydrogen (secondary N) is 1. The average Bonchev–Trinajstić information content (AvgIpc) is 3.31. The van der Waals surface area contributed by atoms with Crippen LogP contribution in [0.4, 0.5) is 0 Å². The van der Waals surface area contributed by atoms with E-state index < -0.39 is 0 Å². The molecule has 2 aliphatic carbocycles. The Bertz CT molecular complexity index is 530. The lowest BCUT2D eigenvalue weighted by Gasteiger charge is -2.25. The van der Waals surface area contributed by atoms with E-state index >= 15 is 0 Å². The second kappa shape index (κ2) is 3.66. The summed E-state index contributed by atoms with van der Waals surface area (Å²) in [4.78, 5) is 2.82. The van der Waals surface area contributed by atoms with Gasteiger partial charge in [-0.05, 0) is 49.5 Å². The quantitative estimate of drug-likeness (QED) is 0.887. The van der Waals surface area contributed by atoms with Crippen molar-refractivity contribution >= 4 is 0 Å². The van der Waals surface area contributed by atoms with Crippen molar-refractivity contribution in [2.45, 2.75) is 56.1 Å². The fourth-order valence-corrected chi connectivity index (χ4v) is 5.06. The van der Waals surface area contributed by atoms with Gasteiger partial charge in [0.25, 0.3) is 0 Å². The van der Waals surface area contributed by atoms with Gasteiger partial charge in [-0.3, -0.25) is 4.90 Å². The number of benzene rings is 1. The molecular formula is C18H24N2. The highest BCUT2D eigenvalue weighted by Crippen LogP contribution is 2.62. The van der Waals surface area contributed by atoms with Crippen molar-refractivity contribution in [2.24, 2.45) is 5.41 Å². The van der Waals surface area contributed by atoms with Crippen LogP contribution in [0.3, 0.4) is 0 Å². The summed E-state index contributed by atoms with van der Waals surface area (Å²) in [5, 5.41) is 3.86. The molecule has 2 saturated carbocycles. The van der Waals surface area contributed by atoms with Crippen LogP contribution in [0.15, 0.2) is 30.3 Å². The van der Waals surface area contributed by atoms with Gasteiger partial charge in [0.05, 0.1) is 0 Å². The number of likely N-dealkylation sites (tertiary alicyclic amines) is 1. The third-order valence-electron chi connectivity index (χ3n) is 6.35. The third-order valence-corrected chi connectivity index (χ3v) is 6.35. The van der Waals surface area contributed by atoms with Gasteiger partial charge >= 0.3 is 0 Å². The van der Waals surface area contributed by atoms with Crippen LogP contribution < -0.4 is 5.32 Å². The van der Waals surface area contributed by atoms with Crippen LogP contribution in [0.25, 0.3) is 0 Å². The Morgan fingerprint density at radius 1 is 1.00 bits per heavy atom. The number of rotatable bonds is 2. The van der Waals surface area contributed by atoms with Crippen molar-refractivity contribution in [3.8, 4) is 0 Å². The van der Waals surface area contributed by atoms with Crippen LogP contribution >= 0.6 is 0 Å². The zero-order chi connectivity index (χ0) is 13.3. The molecule has 0 aromatic heterocycles. The van der Waals surface area contributed by atoms with Crippen molar-refractivity contribution in [1.29, 1.82) is 0 Å². The minimum atomic E-state index is 0.581. The monoisotopic (exact) mass is 268 g/mol. The zero-order valence-electron chi connectivity index (χ0n) is 12.2. The van der Waals surface area contributed by atoms with Crippen molar-refractivity contribution in [3.05, 3.63) is 35.9 Å². The molecule has 3 spiro atoms. The number of hydrogen-bond acceptors (Lipinski definition) is 2. The molecule has 0 radical (unpaired) electrons. The van der Waals surface area contributed by atoms with E-state index in [9.17, 15) is 0 Å². The minimum Gasteiger partial charge on any atom is -0.311 e. The fraction of sp³-hybridized carbons (Fsp3) is 0.667. The van der Waals surface area contributed by atoms with Crippen molar-refractivity contribution in [3.63, 3.8) is 0 Å². The molecule has 4 fully saturated rings. The molecule has 20 heavy (non-hydrogen) atoms. The van der Waals surface area contributed by atoms with E-state index in [2.05, 4.69) is 40.5 Å². The predicted octanol–water partition coefficient (Wildman–Crippen LogP) is 2.94. The lowest BCUT2D eigenvalue weighted by molar-refractivity contribution is 0.214. The molecule has 0 bridgehead atoms. The van der Waals surface area contributed by atoms with E-state index in [0.29, 0.717) is 16.5 Å². The lowest BCUT2D eigenvalue weighted by atomic mass is 9.82. The Morgan fingerprint density at radius 2 is 1.80 bits per heavy atom. The summed E-state index contributed by atoms with van der Waals surface area (Å²) in [6, 6.07) is 11.1. The van der Waals surface area contributed by atoms with Gasteiger partial charge in [-0.2, -0.15) is 0 Å². The van der Waals surface area contributed by atoms with Crippen molar-refractivity contribution in [2.75, 3.05) is 13.1 Å². The summed E-state index contributed by atoms with van der Waals surface area (Å²) < 4.78 is 0. The van der Waals surface area contributed by atoms with Gasteiger partial charge in [0.2, 0.25) is 0 Å². The standard InChI is InChI=1S/C18H24N2/c1-2-4-15(5-3-1)10-20-14-16(12-18(20)8-9-18)11-17(6-7-17)19-13-16/h1-5,19H,6-14H2. The van der Waals surface area contributed by atoms with E-state index in [-0.39, 0.29) is 0 Å². The van der Waals surface area contributed by atoms with E-state index in [4.69, 9.17) is 0 Å². The molecule has 2 heteroatoms. The highest BCUT2D eigenvalue weighted by molar-refractivity contribution is 5.23. The fourth-order valence-electron chi connectivity index (χ4n) is 5.06. The summed E-state index contributed by atoms with van der Waals surface area (Å²) in [7, 11) is 0. The first-order chi connectivity index (χ1) is 9.72. The smallest absolute Gasteiger partial charge is 0.0239 e. The molecule has 4 aliphatic rings. The van der Waals surface area contributed by atoms with Gasteiger partial charge in [0.15, 0.2) is 0 Å². The predicted molar refractivity (Wildman–Crippen MR) is 80.5 cm³/mol. The first-order valence-corrected chi connectivity index (χ1v) is 8.26. The molecule has 1 atom stereocenters. The van der Waals surface area contributed by atoms with Gasteiger partial charge in [0.1, 0.15) is 0 Å². The average molecular weight is 268 g/mol. The van der Waals surface area contributed by atoms with Gasteiger partial charge in [-0.1, -0.05) is 30.3 Å². The summed E-state index contributed by atoms with van der Waals surface area (Å²) in [6.07, 6.45) is 8.65. The van der Waals surface area contributed by atoms with Crippen LogP contribution in [-0.2, 0) is 6.54 Å². The Balaban J connectivity index is 1.38. The molecule has 1 aromatic rings. The second-order valence-corrected chi connectivity index (χ2v) is 8.05. The van der Waals surface area contributed by atoms with Gasteiger partial charge in [-0.15, -0.1) is 0 Å². The SMILES string of the molecule is c1ccc(CN2CC3(CNC4(CC4)C3)CC23CC3)cc1. The maximum absolute atomic E-state index is 3.86. The maximum atomic E-state index is 3.86. The lowest BCUT2D eigenvalue weighted by Crippen LogP contribution is -2.32. The summed E-state index contributed by atoms with van der Waals surface area (Å²) in [5.74, 6) is 0. The molecule has 1 aromatic carbocycles. The molecule has 1 unspecified atom stereocenters. The molecular weight excluding hydrogens is 244 g/mol. The van der Waals surface area contributed by atoms with Gasteiger partial charge in [0, 0.05) is 30.7 Å². The molecule has 2 heterocycles. The third kappa shape index (κ3) is 1.71. The Morgan fingerprint density at radius 3 is 2.45 bits per heavy atom. The summed E-state index contributed by atoms with van der Waals surface area (Å²) >= 11 is 0. The Labute approximate surface area is 121 Å². The van der Waals surface area contributed by atoms with Gasteiger partial charge < -0.3 is 5.32 Å². The topological polar surface area (TPSA) is 15.3 Å². The van der Waals surface area contributed by atoms with Crippen LogP contribution in [0, 0.1) is 5.41 Å². The largest absolute Gasteiger partial charge is 0.311 e. The highest BCUT2D eigenvalue weighted by Gasteiger charge is 2.64. The van der Waals surface area contributed by atoms with E-state index in [1.54, 1.807) is 0 Å². The number of nitrogens with zero attached hydrogens (tertiary/aromatic N) is 1. The van der Waals surface area contributed by atoms with Crippen molar-refractivity contribution < 1.29 is 0 Å². The number of hydrogen-bond donors (Lipinski definition) is 1. The summed E-state index contributed by atoms with van der Waals surface area (Å²) in [6.45, 7) is 3.77. The maximum Gasteiger partial charge on any atom is 0.0239 e. The zero-order valence-corrected chi connectivity index (χ0v) is 12.2. The Hall–Kier alpha value is -0.860. The molecule has 2 aliphatic heterocycles. The van der Waals surface area contributed by atoms with Crippen LogP contribution in [0.2, 0.25) is 0 Å². The van der Waals surface area contributed by atoms with E-state index in [1.165, 1.54) is 57.2 Å². The molecule has 0 amide bonds. The molecule has 106 valence electrons. The first-order valence-electron chi connectivity index (χ1n) is 8.26. The van der Waals surface area contributed by atoms with E-state index in [0.717, 1.165) is 6.54 Å². The molecule has 1 N–H and O–H groups in total. The van der Waals surface area contributed by atoms with Crippen molar-refractivity contribution in [1.82, 2.24) is 10.2 Å². The summed E-state index contributed by atoms with van der Waals surface area (Å²) in [5.41, 5.74) is 3.25. The van der Waals surface area contributed by atoms with Crippen LogP contribution in [0.5, 0.6) is 0 Å². The second-order valence-electron chi connectivity index (χ2n) is 8.05.